The quantitative estimate of drug-likeness (QED) is 0.846. The lowest BCUT2D eigenvalue weighted by Gasteiger charge is -2.17. The van der Waals surface area contributed by atoms with E-state index in [0.29, 0.717) is 19.6 Å². The van der Waals surface area contributed by atoms with Crippen LogP contribution in [0.2, 0.25) is 10.0 Å². The van der Waals surface area contributed by atoms with Gasteiger partial charge in [0.2, 0.25) is 0 Å². The summed E-state index contributed by atoms with van der Waals surface area (Å²) in [5.74, 6) is -0.257. The molecule has 0 saturated carbocycles. The second kappa shape index (κ2) is 7.02. The second-order valence-electron chi connectivity index (χ2n) is 4.70. The summed E-state index contributed by atoms with van der Waals surface area (Å²) < 4.78 is 14.1. The number of benzene rings is 1. The van der Waals surface area contributed by atoms with E-state index in [1.54, 1.807) is 12.1 Å². The van der Waals surface area contributed by atoms with Gasteiger partial charge < -0.3 is 4.90 Å². The highest BCUT2D eigenvalue weighted by molar-refractivity contribution is 6.41. The average molecular weight is 330 g/mol. The molecule has 21 heavy (non-hydrogen) atoms. The first-order valence-corrected chi connectivity index (χ1v) is 7.07. The van der Waals surface area contributed by atoms with Gasteiger partial charge in [-0.2, -0.15) is 5.10 Å². The Bertz CT molecular complexity index is 673. The van der Waals surface area contributed by atoms with Crippen molar-refractivity contribution in [2.75, 3.05) is 13.6 Å². The maximum absolute atomic E-state index is 12.8. The molecule has 4 nitrogen and oxygen atoms in total. The molecule has 2 aromatic rings. The van der Waals surface area contributed by atoms with Crippen molar-refractivity contribution in [3.8, 4) is 0 Å². The van der Waals surface area contributed by atoms with Crippen LogP contribution in [0.3, 0.4) is 0 Å². The average Bonchev–Trinajstić information content (AvgIpc) is 2.46. The van der Waals surface area contributed by atoms with Crippen LogP contribution < -0.4 is 5.56 Å². The number of aromatic nitrogens is 2. The molecule has 0 N–H and O–H groups in total. The van der Waals surface area contributed by atoms with Gasteiger partial charge in [0.1, 0.15) is 10.8 Å². The predicted octanol–water partition coefficient (Wildman–Crippen LogP) is 2.82. The number of hydrogen-bond acceptors (Lipinski definition) is 3. The van der Waals surface area contributed by atoms with Crippen LogP contribution in [-0.4, -0.2) is 28.3 Å². The monoisotopic (exact) mass is 329 g/mol. The Morgan fingerprint density at radius 1 is 1.29 bits per heavy atom. The Morgan fingerprint density at radius 2 is 1.95 bits per heavy atom. The topological polar surface area (TPSA) is 38.1 Å². The van der Waals surface area contributed by atoms with E-state index < -0.39 is 5.56 Å². The van der Waals surface area contributed by atoms with E-state index in [4.69, 9.17) is 23.2 Å². The highest BCUT2D eigenvalue weighted by Crippen LogP contribution is 2.14. The molecule has 0 bridgehead atoms. The molecule has 0 aliphatic carbocycles. The minimum atomic E-state index is -0.403. The number of hydrogen-bond donors (Lipinski definition) is 0. The third kappa shape index (κ3) is 4.27. The van der Waals surface area contributed by atoms with Gasteiger partial charge in [0.25, 0.3) is 5.56 Å². The lowest BCUT2D eigenvalue weighted by Crippen LogP contribution is -2.30. The molecule has 7 heteroatoms. The SMILES string of the molecule is CN(CCn1ncc(Cl)c(Cl)c1=O)Cc1ccc(F)cc1. The molecule has 0 aliphatic rings. The molecule has 0 amide bonds. The molecule has 1 aromatic carbocycles. The molecule has 2 rings (SSSR count). The summed E-state index contributed by atoms with van der Waals surface area (Å²) in [4.78, 5) is 13.8. The zero-order valence-electron chi connectivity index (χ0n) is 11.4. The number of nitrogens with zero attached hydrogens (tertiary/aromatic N) is 3. The van der Waals surface area contributed by atoms with E-state index in [2.05, 4.69) is 5.10 Å². The lowest BCUT2D eigenvalue weighted by molar-refractivity contribution is 0.302. The van der Waals surface area contributed by atoms with Crippen LogP contribution in [0.1, 0.15) is 5.56 Å². The van der Waals surface area contributed by atoms with E-state index in [0.717, 1.165) is 5.56 Å². The minimum absolute atomic E-state index is 0.0205. The molecule has 0 saturated heterocycles. The van der Waals surface area contributed by atoms with E-state index in [-0.39, 0.29) is 15.9 Å². The second-order valence-corrected chi connectivity index (χ2v) is 5.48. The Morgan fingerprint density at radius 3 is 2.62 bits per heavy atom. The lowest BCUT2D eigenvalue weighted by atomic mass is 10.2. The Kier molecular flexibility index (Phi) is 5.33. The fraction of sp³-hybridized carbons (Fsp3) is 0.286. The van der Waals surface area contributed by atoms with Crippen LogP contribution in [0.4, 0.5) is 4.39 Å². The third-order valence-electron chi connectivity index (χ3n) is 3.00. The molecule has 1 aromatic heterocycles. The van der Waals surface area contributed by atoms with Crippen molar-refractivity contribution in [2.45, 2.75) is 13.1 Å². The molecule has 0 spiro atoms. The Labute approximate surface area is 131 Å². The van der Waals surface area contributed by atoms with Crippen molar-refractivity contribution in [1.29, 1.82) is 0 Å². The Balaban J connectivity index is 1.95. The van der Waals surface area contributed by atoms with Gasteiger partial charge in [-0.3, -0.25) is 4.79 Å². The summed E-state index contributed by atoms with van der Waals surface area (Å²) in [6, 6.07) is 6.31. The highest BCUT2D eigenvalue weighted by Gasteiger charge is 2.08. The van der Waals surface area contributed by atoms with Gasteiger partial charge in [-0.15, -0.1) is 0 Å². The summed E-state index contributed by atoms with van der Waals surface area (Å²) in [6.07, 6.45) is 1.35. The van der Waals surface area contributed by atoms with E-state index >= 15 is 0 Å². The van der Waals surface area contributed by atoms with Gasteiger partial charge in [0.15, 0.2) is 0 Å². The van der Waals surface area contributed by atoms with Gasteiger partial charge >= 0.3 is 0 Å². The molecule has 112 valence electrons. The molecule has 0 aliphatic heterocycles. The van der Waals surface area contributed by atoms with Crippen molar-refractivity contribution in [1.82, 2.24) is 14.7 Å². The van der Waals surface area contributed by atoms with Gasteiger partial charge in [-0.1, -0.05) is 35.3 Å². The van der Waals surface area contributed by atoms with Crippen LogP contribution in [0.5, 0.6) is 0 Å². The highest BCUT2D eigenvalue weighted by atomic mass is 35.5. The van der Waals surface area contributed by atoms with Crippen molar-refractivity contribution in [2.24, 2.45) is 0 Å². The zero-order chi connectivity index (χ0) is 15.4. The van der Waals surface area contributed by atoms with Crippen LogP contribution in [0.25, 0.3) is 0 Å². The van der Waals surface area contributed by atoms with Gasteiger partial charge in [-0.05, 0) is 24.7 Å². The first-order chi connectivity index (χ1) is 9.97. The summed E-state index contributed by atoms with van der Waals surface area (Å²) in [7, 11) is 1.91. The van der Waals surface area contributed by atoms with Crippen molar-refractivity contribution >= 4 is 23.2 Å². The van der Waals surface area contributed by atoms with E-state index in [1.165, 1.54) is 23.0 Å². The molecular weight excluding hydrogens is 316 g/mol. The standard InChI is InChI=1S/C14H14Cl2FN3O/c1-19(9-10-2-4-11(17)5-3-10)6-7-20-14(21)13(16)12(15)8-18-20/h2-5,8H,6-7,9H2,1H3. The number of halogens is 3. The summed E-state index contributed by atoms with van der Waals surface area (Å²) in [5, 5.41) is 4.07. The molecule has 1 heterocycles. The minimum Gasteiger partial charge on any atom is -0.300 e. The smallest absolute Gasteiger partial charge is 0.287 e. The van der Waals surface area contributed by atoms with Crippen LogP contribution in [0, 0.1) is 5.82 Å². The van der Waals surface area contributed by atoms with E-state index in [9.17, 15) is 9.18 Å². The first kappa shape index (κ1) is 15.9. The van der Waals surface area contributed by atoms with Gasteiger partial charge in [0, 0.05) is 13.1 Å². The van der Waals surface area contributed by atoms with Crippen molar-refractivity contribution in [3.05, 3.63) is 62.2 Å². The maximum Gasteiger partial charge on any atom is 0.287 e. The van der Waals surface area contributed by atoms with Gasteiger partial charge in [-0.25, -0.2) is 9.07 Å². The summed E-state index contributed by atoms with van der Waals surface area (Å²) in [6.45, 7) is 1.64. The largest absolute Gasteiger partial charge is 0.300 e. The summed E-state index contributed by atoms with van der Waals surface area (Å²) in [5.41, 5.74) is 0.590. The van der Waals surface area contributed by atoms with Crippen LogP contribution in [0.15, 0.2) is 35.3 Å². The first-order valence-electron chi connectivity index (χ1n) is 6.31. The fourth-order valence-corrected chi connectivity index (χ4v) is 2.12. The van der Waals surface area contributed by atoms with Crippen LogP contribution >= 0.6 is 23.2 Å². The molecule has 0 atom stereocenters. The predicted molar refractivity (Wildman–Crippen MR) is 81.3 cm³/mol. The number of rotatable bonds is 5. The summed E-state index contributed by atoms with van der Waals surface area (Å²) >= 11 is 11.5. The Hall–Kier alpha value is -1.43. The van der Waals surface area contributed by atoms with Crippen molar-refractivity contribution in [3.63, 3.8) is 0 Å². The molecule has 0 radical (unpaired) electrons. The molecule has 0 fully saturated rings. The van der Waals surface area contributed by atoms with Crippen LogP contribution in [-0.2, 0) is 13.1 Å². The number of likely N-dealkylation sites (N-methyl/N-ethyl adjacent to an activating group) is 1. The zero-order valence-corrected chi connectivity index (χ0v) is 12.9. The third-order valence-corrected chi connectivity index (χ3v) is 3.75. The fourth-order valence-electron chi connectivity index (χ4n) is 1.85. The molecule has 0 unspecified atom stereocenters. The van der Waals surface area contributed by atoms with Gasteiger partial charge in [0.05, 0.1) is 17.8 Å². The van der Waals surface area contributed by atoms with Crippen molar-refractivity contribution < 1.29 is 4.39 Å². The maximum atomic E-state index is 12.8. The molecular formula is C14H14Cl2FN3O. The van der Waals surface area contributed by atoms with E-state index in [1.807, 2.05) is 11.9 Å². The normalized spacial score (nSPS) is 11.1.